The van der Waals surface area contributed by atoms with Crippen LogP contribution in [0.3, 0.4) is 0 Å². The van der Waals surface area contributed by atoms with Gasteiger partial charge in [-0.1, -0.05) is 0 Å². The lowest BCUT2D eigenvalue weighted by Crippen LogP contribution is -2.60. The van der Waals surface area contributed by atoms with E-state index in [9.17, 15) is 19.5 Å². The molecule has 1 saturated heterocycles. The zero-order chi connectivity index (χ0) is 15.4. The molecule has 8 nitrogen and oxygen atoms in total. The van der Waals surface area contributed by atoms with E-state index in [1.54, 1.807) is 0 Å². The molecular weight excluding hydrogens is 272 g/mol. The number of carbonyl (C=O) groups is 3. The van der Waals surface area contributed by atoms with Gasteiger partial charge in [0.15, 0.2) is 24.6 Å². The van der Waals surface area contributed by atoms with Crippen molar-refractivity contribution in [3.8, 4) is 0 Å². The van der Waals surface area contributed by atoms with Crippen molar-refractivity contribution >= 4 is 17.9 Å². The summed E-state index contributed by atoms with van der Waals surface area (Å²) in [5, 5.41) is 9.79. The van der Waals surface area contributed by atoms with E-state index in [1.165, 1.54) is 13.8 Å². The molecule has 114 valence electrons. The van der Waals surface area contributed by atoms with Crippen LogP contribution < -0.4 is 0 Å². The normalized spacial score (nSPS) is 33.1. The molecule has 1 aliphatic heterocycles. The third kappa shape index (κ3) is 4.17. The second kappa shape index (κ2) is 6.67. The van der Waals surface area contributed by atoms with Gasteiger partial charge in [0.1, 0.15) is 0 Å². The van der Waals surface area contributed by atoms with Gasteiger partial charge in [0.2, 0.25) is 0 Å². The molecule has 0 aromatic heterocycles. The maximum atomic E-state index is 11.2. The molecule has 0 spiro atoms. The number of ether oxygens (including phenoxy) is 4. The molecule has 0 saturated carbocycles. The highest BCUT2D eigenvalue weighted by Gasteiger charge is 2.49. The molecular formula is C12H18O8. The number of hydrogen-bond acceptors (Lipinski definition) is 8. The van der Waals surface area contributed by atoms with Crippen LogP contribution in [0.2, 0.25) is 0 Å². The monoisotopic (exact) mass is 290 g/mol. The van der Waals surface area contributed by atoms with Gasteiger partial charge in [-0.15, -0.1) is 0 Å². The van der Waals surface area contributed by atoms with Gasteiger partial charge in [-0.25, -0.2) is 0 Å². The van der Waals surface area contributed by atoms with Gasteiger partial charge in [-0.2, -0.15) is 0 Å². The lowest BCUT2D eigenvalue weighted by atomic mass is 9.99. The number of rotatable bonds is 3. The summed E-state index contributed by atoms with van der Waals surface area (Å²) in [4.78, 5) is 33.3. The van der Waals surface area contributed by atoms with E-state index in [-0.39, 0.29) is 0 Å². The second-order valence-electron chi connectivity index (χ2n) is 4.45. The van der Waals surface area contributed by atoms with E-state index in [1.807, 2.05) is 0 Å². The van der Waals surface area contributed by atoms with Gasteiger partial charge < -0.3 is 24.1 Å². The third-order valence-corrected chi connectivity index (χ3v) is 2.65. The van der Waals surface area contributed by atoms with Gasteiger partial charge in [0.25, 0.3) is 0 Å². The Balaban J connectivity index is 3.01. The van der Waals surface area contributed by atoms with Crippen molar-refractivity contribution < 1.29 is 38.4 Å². The maximum Gasteiger partial charge on any atom is 0.303 e. The average Bonchev–Trinajstić information content (AvgIpc) is 2.27. The van der Waals surface area contributed by atoms with Crippen LogP contribution in [0, 0.1) is 0 Å². The van der Waals surface area contributed by atoms with Gasteiger partial charge in [-0.05, 0) is 6.92 Å². The summed E-state index contributed by atoms with van der Waals surface area (Å²) in [6.45, 7) is 5.01. The minimum absolute atomic E-state index is 0.611. The minimum atomic E-state index is -1.48. The number of aliphatic hydroxyl groups excluding tert-OH is 1. The van der Waals surface area contributed by atoms with Gasteiger partial charge in [-0.3, -0.25) is 14.4 Å². The summed E-state index contributed by atoms with van der Waals surface area (Å²) in [7, 11) is 0. The molecule has 0 aliphatic carbocycles. The van der Waals surface area contributed by atoms with Crippen molar-refractivity contribution in [2.24, 2.45) is 0 Å². The van der Waals surface area contributed by atoms with E-state index in [2.05, 4.69) is 0 Å². The molecule has 0 unspecified atom stereocenters. The van der Waals surface area contributed by atoms with E-state index in [4.69, 9.17) is 18.9 Å². The fourth-order valence-corrected chi connectivity index (χ4v) is 1.99. The second-order valence-corrected chi connectivity index (χ2v) is 4.45. The van der Waals surface area contributed by atoms with E-state index < -0.39 is 48.6 Å². The van der Waals surface area contributed by atoms with Crippen LogP contribution in [0.4, 0.5) is 0 Å². The molecule has 0 bridgehead atoms. The number of carbonyl (C=O) groups excluding carboxylic acids is 3. The highest BCUT2D eigenvalue weighted by molar-refractivity contribution is 5.68. The predicted octanol–water partition coefficient (Wildman–Crippen LogP) is -0.481. The summed E-state index contributed by atoms with van der Waals surface area (Å²) >= 11 is 0. The van der Waals surface area contributed by atoms with Crippen molar-refractivity contribution in [2.45, 2.75) is 58.4 Å². The molecule has 0 amide bonds. The Hall–Kier alpha value is -1.67. The number of hydrogen-bond donors (Lipinski definition) is 1. The summed E-state index contributed by atoms with van der Waals surface area (Å²) in [5.41, 5.74) is 0. The fourth-order valence-electron chi connectivity index (χ4n) is 1.99. The summed E-state index contributed by atoms with van der Waals surface area (Å²) in [6.07, 6.45) is -5.60. The molecule has 1 N–H and O–H groups in total. The summed E-state index contributed by atoms with van der Waals surface area (Å²) < 4.78 is 20.1. The van der Waals surface area contributed by atoms with E-state index in [0.717, 1.165) is 13.8 Å². The first kappa shape index (κ1) is 16.4. The first-order valence-electron chi connectivity index (χ1n) is 6.07. The van der Waals surface area contributed by atoms with Gasteiger partial charge >= 0.3 is 17.9 Å². The molecule has 1 fully saturated rings. The quantitative estimate of drug-likeness (QED) is 0.548. The van der Waals surface area contributed by atoms with Crippen LogP contribution in [-0.2, 0) is 33.3 Å². The lowest BCUT2D eigenvalue weighted by molar-refractivity contribution is -0.288. The molecule has 0 aromatic carbocycles. The predicted molar refractivity (Wildman–Crippen MR) is 63.2 cm³/mol. The van der Waals surface area contributed by atoms with Crippen molar-refractivity contribution in [1.82, 2.24) is 0 Å². The Morgan fingerprint density at radius 3 is 1.70 bits per heavy atom. The molecule has 5 atom stereocenters. The number of esters is 3. The fraction of sp³-hybridized carbons (Fsp3) is 0.750. The zero-order valence-corrected chi connectivity index (χ0v) is 11.7. The van der Waals surface area contributed by atoms with Crippen molar-refractivity contribution in [2.75, 3.05) is 0 Å². The Kier molecular flexibility index (Phi) is 5.46. The Morgan fingerprint density at radius 1 is 0.850 bits per heavy atom. The van der Waals surface area contributed by atoms with Gasteiger partial charge in [0, 0.05) is 20.8 Å². The lowest BCUT2D eigenvalue weighted by Gasteiger charge is -2.41. The third-order valence-electron chi connectivity index (χ3n) is 2.65. The SMILES string of the molecule is CC(=O)O[C@@H]1[C@@H](OC(C)=O)[C@H](C)O[C@H](O)[C@@H]1OC(C)=O. The molecule has 8 heteroatoms. The zero-order valence-electron chi connectivity index (χ0n) is 11.7. The van der Waals surface area contributed by atoms with E-state index in [0.29, 0.717) is 0 Å². The Morgan fingerprint density at radius 2 is 1.25 bits per heavy atom. The van der Waals surface area contributed by atoms with Crippen molar-refractivity contribution in [3.63, 3.8) is 0 Å². The highest BCUT2D eigenvalue weighted by Crippen LogP contribution is 2.27. The molecule has 1 rings (SSSR count). The van der Waals surface area contributed by atoms with E-state index >= 15 is 0 Å². The largest absolute Gasteiger partial charge is 0.456 e. The minimum Gasteiger partial charge on any atom is -0.456 e. The summed E-state index contributed by atoms with van der Waals surface area (Å²) in [6, 6.07) is 0. The molecule has 1 heterocycles. The van der Waals surface area contributed by atoms with Crippen molar-refractivity contribution in [1.29, 1.82) is 0 Å². The molecule has 0 radical (unpaired) electrons. The molecule has 1 aliphatic rings. The smallest absolute Gasteiger partial charge is 0.303 e. The Bertz CT molecular complexity index is 365. The van der Waals surface area contributed by atoms with Crippen LogP contribution in [0.15, 0.2) is 0 Å². The van der Waals surface area contributed by atoms with Crippen LogP contribution >= 0.6 is 0 Å². The van der Waals surface area contributed by atoms with Crippen LogP contribution in [0.1, 0.15) is 27.7 Å². The first-order chi connectivity index (χ1) is 9.22. The van der Waals surface area contributed by atoms with Crippen molar-refractivity contribution in [3.05, 3.63) is 0 Å². The van der Waals surface area contributed by atoms with Gasteiger partial charge in [0.05, 0.1) is 6.10 Å². The standard InChI is InChI=1S/C12H18O8/c1-5-9(18-6(2)13)10(19-7(3)14)11(12(16)17-5)20-8(4)15/h5,9-12,16H,1-4H3/t5-,9-,10+,11+,12-/m0/s1. The average molecular weight is 290 g/mol. The summed E-state index contributed by atoms with van der Waals surface area (Å²) in [5.74, 6) is -1.96. The highest BCUT2D eigenvalue weighted by atomic mass is 16.7. The maximum absolute atomic E-state index is 11.2. The topological polar surface area (TPSA) is 108 Å². The molecule has 20 heavy (non-hydrogen) atoms. The van der Waals surface area contributed by atoms with Crippen LogP contribution in [0.25, 0.3) is 0 Å². The van der Waals surface area contributed by atoms with Crippen LogP contribution in [0.5, 0.6) is 0 Å². The first-order valence-corrected chi connectivity index (χ1v) is 6.07. The Labute approximate surface area is 115 Å². The molecule has 0 aromatic rings. The van der Waals surface area contributed by atoms with Crippen LogP contribution in [-0.4, -0.2) is 53.7 Å². The number of aliphatic hydroxyl groups is 1.